The number of benzene rings is 1. The second-order valence-corrected chi connectivity index (χ2v) is 8.06. The highest BCUT2D eigenvalue weighted by molar-refractivity contribution is 5.98. The molecule has 0 unspecified atom stereocenters. The van der Waals surface area contributed by atoms with Gasteiger partial charge in [-0.15, -0.1) is 0 Å². The molecule has 1 aliphatic heterocycles. The molecule has 5 heteroatoms. The number of hydrogen-bond donors (Lipinski definition) is 2. The Kier molecular flexibility index (Phi) is 5.46. The summed E-state index contributed by atoms with van der Waals surface area (Å²) in [5.74, 6) is 0.0459. The number of carbonyl (C=O) groups excluding carboxylic acids is 2. The molecular formula is C22H29N3O2. The minimum absolute atomic E-state index is 0.00170. The van der Waals surface area contributed by atoms with Gasteiger partial charge in [-0.05, 0) is 37.8 Å². The fraction of sp³-hybridized carbons (Fsp3) is 0.545. The zero-order chi connectivity index (χ0) is 18.6. The van der Waals surface area contributed by atoms with Gasteiger partial charge >= 0.3 is 0 Å². The molecule has 1 aliphatic carbocycles. The monoisotopic (exact) mass is 367 g/mol. The van der Waals surface area contributed by atoms with Gasteiger partial charge < -0.3 is 15.2 Å². The summed E-state index contributed by atoms with van der Waals surface area (Å²) in [5.41, 5.74) is 1.58. The summed E-state index contributed by atoms with van der Waals surface area (Å²) in [5, 5.41) is 4.31. The predicted octanol–water partition coefficient (Wildman–Crippen LogP) is 3.86. The number of aromatic amines is 1. The molecule has 0 radical (unpaired) electrons. The summed E-state index contributed by atoms with van der Waals surface area (Å²) < 4.78 is 0. The Hall–Kier alpha value is -2.30. The van der Waals surface area contributed by atoms with Crippen LogP contribution < -0.4 is 5.32 Å². The van der Waals surface area contributed by atoms with Crippen LogP contribution in [0.2, 0.25) is 0 Å². The third kappa shape index (κ3) is 4.18. The largest absolute Gasteiger partial charge is 0.353 e. The van der Waals surface area contributed by atoms with Crippen molar-refractivity contribution < 1.29 is 9.59 Å². The highest BCUT2D eigenvalue weighted by Gasteiger charge is 2.30. The zero-order valence-corrected chi connectivity index (χ0v) is 15.9. The molecule has 2 amide bonds. The summed E-state index contributed by atoms with van der Waals surface area (Å²) >= 11 is 0. The lowest BCUT2D eigenvalue weighted by molar-refractivity contribution is -0.127. The third-order valence-electron chi connectivity index (χ3n) is 6.04. The smallest absolute Gasteiger partial charge is 0.270 e. The Bertz CT molecular complexity index is 772. The van der Waals surface area contributed by atoms with Crippen LogP contribution in [0.3, 0.4) is 0 Å². The average Bonchev–Trinajstić information content (AvgIpc) is 2.97. The maximum Gasteiger partial charge on any atom is 0.270 e. The molecule has 1 saturated heterocycles. The van der Waals surface area contributed by atoms with E-state index in [1.165, 1.54) is 25.7 Å². The Balaban J connectivity index is 1.39. The van der Waals surface area contributed by atoms with Crippen molar-refractivity contribution in [3.05, 3.63) is 36.0 Å². The number of piperidine rings is 1. The molecule has 2 aromatic rings. The van der Waals surface area contributed by atoms with E-state index in [-0.39, 0.29) is 17.7 Å². The SMILES string of the molecule is O=C(NC1CCCCCC1)[C@H]1CCCN(C(=O)c2cc3ccccc3[nH]2)C1. The van der Waals surface area contributed by atoms with Crippen LogP contribution in [0.25, 0.3) is 10.9 Å². The molecule has 1 aromatic carbocycles. The van der Waals surface area contributed by atoms with Crippen molar-refractivity contribution >= 4 is 22.7 Å². The molecule has 2 fully saturated rings. The van der Waals surface area contributed by atoms with E-state index >= 15 is 0 Å². The van der Waals surface area contributed by atoms with Crippen molar-refractivity contribution in [3.8, 4) is 0 Å². The zero-order valence-electron chi connectivity index (χ0n) is 15.9. The van der Waals surface area contributed by atoms with Crippen LogP contribution in [-0.2, 0) is 4.79 Å². The molecule has 4 rings (SSSR count). The van der Waals surface area contributed by atoms with Crippen LogP contribution in [0.4, 0.5) is 0 Å². The van der Waals surface area contributed by atoms with Gasteiger partial charge in [-0.2, -0.15) is 0 Å². The summed E-state index contributed by atoms with van der Waals surface area (Å²) in [6, 6.07) is 10.1. The van der Waals surface area contributed by atoms with Gasteiger partial charge in [0.25, 0.3) is 5.91 Å². The number of fused-ring (bicyclic) bond motifs is 1. The van der Waals surface area contributed by atoms with E-state index in [1.807, 2.05) is 35.2 Å². The fourth-order valence-electron chi connectivity index (χ4n) is 4.48. The van der Waals surface area contributed by atoms with Crippen molar-refractivity contribution in [2.45, 2.75) is 57.4 Å². The lowest BCUT2D eigenvalue weighted by Gasteiger charge is -2.32. The first-order valence-corrected chi connectivity index (χ1v) is 10.4. The second kappa shape index (κ2) is 8.15. The topological polar surface area (TPSA) is 65.2 Å². The Morgan fingerprint density at radius 1 is 1.00 bits per heavy atom. The molecule has 2 N–H and O–H groups in total. The number of hydrogen-bond acceptors (Lipinski definition) is 2. The van der Waals surface area contributed by atoms with Crippen LogP contribution >= 0.6 is 0 Å². The fourth-order valence-corrected chi connectivity index (χ4v) is 4.48. The standard InChI is InChI=1S/C22H29N3O2/c26-21(23-18-10-3-1-2-4-11-18)17-9-7-13-25(15-17)22(27)20-14-16-8-5-6-12-19(16)24-20/h5-6,8,12,14,17-18,24H,1-4,7,9-11,13,15H2,(H,23,26)/t17-/m0/s1. The van der Waals surface area contributed by atoms with Gasteiger partial charge in [-0.3, -0.25) is 9.59 Å². The molecule has 0 spiro atoms. The first-order chi connectivity index (χ1) is 13.2. The lowest BCUT2D eigenvalue weighted by Crippen LogP contribution is -2.47. The number of rotatable bonds is 3. The Labute approximate surface area is 160 Å². The first-order valence-electron chi connectivity index (χ1n) is 10.4. The number of H-pyrrole nitrogens is 1. The number of nitrogens with zero attached hydrogens (tertiary/aromatic N) is 1. The van der Waals surface area contributed by atoms with Crippen LogP contribution in [0.15, 0.2) is 30.3 Å². The lowest BCUT2D eigenvalue weighted by atomic mass is 9.96. The normalized spacial score (nSPS) is 21.8. The summed E-state index contributed by atoms with van der Waals surface area (Å²) in [7, 11) is 0. The molecule has 144 valence electrons. The van der Waals surface area contributed by atoms with Gasteiger partial charge in [0.15, 0.2) is 0 Å². The maximum absolute atomic E-state index is 12.9. The van der Waals surface area contributed by atoms with E-state index in [0.717, 1.165) is 43.1 Å². The van der Waals surface area contributed by atoms with Gasteiger partial charge in [0.2, 0.25) is 5.91 Å². The first kappa shape index (κ1) is 18.1. The Morgan fingerprint density at radius 2 is 1.78 bits per heavy atom. The van der Waals surface area contributed by atoms with Gasteiger partial charge in [-0.1, -0.05) is 43.9 Å². The molecule has 1 saturated carbocycles. The van der Waals surface area contributed by atoms with Crippen LogP contribution in [0.5, 0.6) is 0 Å². The summed E-state index contributed by atoms with van der Waals surface area (Å²) in [6.45, 7) is 1.24. The highest BCUT2D eigenvalue weighted by Crippen LogP contribution is 2.23. The number of aromatic nitrogens is 1. The predicted molar refractivity (Wildman–Crippen MR) is 107 cm³/mol. The molecule has 0 bridgehead atoms. The number of amides is 2. The van der Waals surface area contributed by atoms with E-state index in [1.54, 1.807) is 0 Å². The third-order valence-corrected chi connectivity index (χ3v) is 6.04. The van der Waals surface area contributed by atoms with Crippen LogP contribution in [0.1, 0.15) is 61.9 Å². The molecule has 5 nitrogen and oxygen atoms in total. The van der Waals surface area contributed by atoms with Crippen molar-refractivity contribution in [1.29, 1.82) is 0 Å². The van der Waals surface area contributed by atoms with Gasteiger partial charge in [0.05, 0.1) is 5.92 Å². The van der Waals surface area contributed by atoms with Crippen molar-refractivity contribution in [1.82, 2.24) is 15.2 Å². The quantitative estimate of drug-likeness (QED) is 0.809. The van der Waals surface area contributed by atoms with E-state index in [9.17, 15) is 9.59 Å². The van der Waals surface area contributed by atoms with E-state index in [2.05, 4.69) is 10.3 Å². The van der Waals surface area contributed by atoms with Crippen LogP contribution in [0, 0.1) is 5.92 Å². The number of nitrogens with one attached hydrogen (secondary N) is 2. The number of carbonyl (C=O) groups is 2. The van der Waals surface area contributed by atoms with Crippen molar-refractivity contribution in [2.24, 2.45) is 5.92 Å². The van der Waals surface area contributed by atoms with Gasteiger partial charge in [0.1, 0.15) is 5.69 Å². The molecule has 2 aliphatic rings. The minimum Gasteiger partial charge on any atom is -0.353 e. The van der Waals surface area contributed by atoms with E-state index < -0.39 is 0 Å². The molecule has 1 aromatic heterocycles. The number of likely N-dealkylation sites (tertiary alicyclic amines) is 1. The second-order valence-electron chi connectivity index (χ2n) is 8.06. The number of para-hydroxylation sites is 1. The minimum atomic E-state index is -0.0877. The van der Waals surface area contributed by atoms with Crippen LogP contribution in [-0.4, -0.2) is 40.8 Å². The van der Waals surface area contributed by atoms with Crippen molar-refractivity contribution in [3.63, 3.8) is 0 Å². The molecule has 27 heavy (non-hydrogen) atoms. The maximum atomic E-state index is 12.9. The summed E-state index contributed by atoms with van der Waals surface area (Å²) in [4.78, 5) is 30.8. The van der Waals surface area contributed by atoms with E-state index in [4.69, 9.17) is 0 Å². The average molecular weight is 367 g/mol. The van der Waals surface area contributed by atoms with Gasteiger partial charge in [-0.25, -0.2) is 0 Å². The molecular weight excluding hydrogens is 338 g/mol. The molecule has 2 heterocycles. The molecule has 1 atom stereocenters. The van der Waals surface area contributed by atoms with E-state index in [0.29, 0.717) is 18.3 Å². The van der Waals surface area contributed by atoms with Crippen molar-refractivity contribution in [2.75, 3.05) is 13.1 Å². The Morgan fingerprint density at radius 3 is 2.56 bits per heavy atom. The van der Waals surface area contributed by atoms with Gasteiger partial charge in [0, 0.05) is 30.0 Å². The highest BCUT2D eigenvalue weighted by atomic mass is 16.2. The summed E-state index contributed by atoms with van der Waals surface area (Å²) in [6.07, 6.45) is 8.92.